The van der Waals surface area contributed by atoms with Gasteiger partial charge in [0, 0.05) is 10.6 Å². The summed E-state index contributed by atoms with van der Waals surface area (Å²) in [6.07, 6.45) is 3.05. The van der Waals surface area contributed by atoms with E-state index in [0.29, 0.717) is 23.1 Å². The first-order valence-corrected chi connectivity index (χ1v) is 6.16. The molecule has 1 heterocycles. The van der Waals surface area contributed by atoms with Gasteiger partial charge in [0.15, 0.2) is 0 Å². The molecule has 0 atom stereocenters. The van der Waals surface area contributed by atoms with Gasteiger partial charge in [0.1, 0.15) is 6.26 Å². The van der Waals surface area contributed by atoms with Gasteiger partial charge in [-0.25, -0.2) is 9.78 Å². The van der Waals surface area contributed by atoms with Gasteiger partial charge in [0.2, 0.25) is 0 Å². The highest BCUT2D eigenvalue weighted by atomic mass is 32.2. The third-order valence-electron chi connectivity index (χ3n) is 2.13. The summed E-state index contributed by atoms with van der Waals surface area (Å²) >= 11 is 1.31. The number of oxazole rings is 1. The number of hydrogen-bond acceptors (Lipinski definition) is 6. The molecule has 0 unspecified atom stereocenters. The summed E-state index contributed by atoms with van der Waals surface area (Å²) in [5.74, 6) is -0.426. The van der Waals surface area contributed by atoms with Crippen LogP contribution in [0.3, 0.4) is 0 Å². The van der Waals surface area contributed by atoms with Gasteiger partial charge >= 0.3 is 5.97 Å². The molecule has 2 rings (SSSR count). The summed E-state index contributed by atoms with van der Waals surface area (Å²) in [5, 5.41) is 0.509. The summed E-state index contributed by atoms with van der Waals surface area (Å²) in [5.41, 5.74) is 6.49. The van der Waals surface area contributed by atoms with Crippen LogP contribution in [0.2, 0.25) is 0 Å². The van der Waals surface area contributed by atoms with Gasteiger partial charge in [-0.3, -0.25) is 0 Å². The first-order valence-electron chi connectivity index (χ1n) is 5.34. The average Bonchev–Trinajstić information content (AvgIpc) is 2.84. The summed E-state index contributed by atoms with van der Waals surface area (Å²) in [7, 11) is 0. The zero-order valence-corrected chi connectivity index (χ0v) is 10.6. The van der Waals surface area contributed by atoms with Crippen molar-refractivity contribution in [1.82, 2.24) is 4.98 Å². The molecule has 94 valence electrons. The van der Waals surface area contributed by atoms with Crippen molar-refractivity contribution in [3.8, 4) is 0 Å². The van der Waals surface area contributed by atoms with E-state index in [2.05, 4.69) is 4.98 Å². The third-order valence-corrected chi connectivity index (χ3v) is 3.00. The van der Waals surface area contributed by atoms with Gasteiger partial charge in [0.25, 0.3) is 5.22 Å². The minimum Gasteiger partial charge on any atom is -0.462 e. The average molecular weight is 264 g/mol. The van der Waals surface area contributed by atoms with Gasteiger partial charge in [-0.2, -0.15) is 0 Å². The largest absolute Gasteiger partial charge is 0.462 e. The van der Waals surface area contributed by atoms with Crippen LogP contribution in [0, 0.1) is 0 Å². The molecule has 0 bridgehead atoms. The fourth-order valence-corrected chi connectivity index (χ4v) is 2.08. The number of anilines is 1. The summed E-state index contributed by atoms with van der Waals surface area (Å²) in [4.78, 5) is 16.5. The van der Waals surface area contributed by atoms with E-state index in [1.54, 1.807) is 31.3 Å². The van der Waals surface area contributed by atoms with Gasteiger partial charge in [0.05, 0.1) is 18.4 Å². The standard InChI is InChI=1S/C12H12N2O3S/c1-2-16-11(15)9-7-8(3-4-10(9)13)18-12-14-5-6-17-12/h3-7H,2,13H2,1H3. The van der Waals surface area contributed by atoms with Crippen molar-refractivity contribution in [2.24, 2.45) is 0 Å². The Hall–Kier alpha value is -1.95. The molecule has 2 N–H and O–H groups in total. The van der Waals surface area contributed by atoms with Crippen LogP contribution < -0.4 is 5.73 Å². The smallest absolute Gasteiger partial charge is 0.340 e. The molecule has 0 radical (unpaired) electrons. The molecular weight excluding hydrogens is 252 g/mol. The van der Waals surface area contributed by atoms with Crippen LogP contribution in [-0.2, 0) is 4.74 Å². The lowest BCUT2D eigenvalue weighted by Crippen LogP contribution is -2.07. The monoisotopic (exact) mass is 264 g/mol. The van der Waals surface area contributed by atoms with Gasteiger partial charge in [-0.15, -0.1) is 0 Å². The predicted molar refractivity (Wildman–Crippen MR) is 67.4 cm³/mol. The number of carbonyl (C=O) groups excluding carboxylic acids is 1. The van der Waals surface area contributed by atoms with Crippen LogP contribution in [0.4, 0.5) is 5.69 Å². The van der Waals surface area contributed by atoms with E-state index in [0.717, 1.165) is 4.90 Å². The van der Waals surface area contributed by atoms with Crippen LogP contribution in [0.25, 0.3) is 0 Å². The highest BCUT2D eigenvalue weighted by Crippen LogP contribution is 2.28. The number of aromatic nitrogens is 1. The van der Waals surface area contributed by atoms with E-state index >= 15 is 0 Å². The van der Waals surface area contributed by atoms with E-state index in [4.69, 9.17) is 14.9 Å². The molecule has 0 aliphatic carbocycles. The van der Waals surface area contributed by atoms with E-state index in [1.807, 2.05) is 0 Å². The summed E-state index contributed by atoms with van der Waals surface area (Å²) in [6, 6.07) is 5.13. The van der Waals surface area contributed by atoms with Crippen molar-refractivity contribution < 1.29 is 13.9 Å². The van der Waals surface area contributed by atoms with Crippen molar-refractivity contribution in [2.75, 3.05) is 12.3 Å². The Morgan fingerprint density at radius 3 is 3.06 bits per heavy atom. The Balaban J connectivity index is 2.23. The van der Waals surface area contributed by atoms with Crippen LogP contribution in [0.1, 0.15) is 17.3 Å². The molecule has 0 amide bonds. The van der Waals surface area contributed by atoms with Crippen molar-refractivity contribution in [1.29, 1.82) is 0 Å². The second-order valence-electron chi connectivity index (χ2n) is 3.37. The Labute approximate surface area is 108 Å². The molecule has 1 aromatic carbocycles. The van der Waals surface area contributed by atoms with Crippen molar-refractivity contribution in [3.05, 3.63) is 36.2 Å². The molecule has 2 aromatic rings. The van der Waals surface area contributed by atoms with Gasteiger partial charge in [-0.1, -0.05) is 0 Å². The number of nitrogens with zero attached hydrogens (tertiary/aromatic N) is 1. The van der Waals surface area contributed by atoms with Crippen LogP contribution >= 0.6 is 11.8 Å². The van der Waals surface area contributed by atoms with Crippen LogP contribution in [-0.4, -0.2) is 17.6 Å². The highest BCUT2D eigenvalue weighted by molar-refractivity contribution is 7.99. The van der Waals surface area contributed by atoms with Gasteiger partial charge < -0.3 is 14.9 Å². The number of nitrogen functional groups attached to an aromatic ring is 1. The van der Waals surface area contributed by atoms with E-state index in [-0.39, 0.29) is 0 Å². The number of carbonyl (C=O) groups is 1. The maximum Gasteiger partial charge on any atom is 0.340 e. The lowest BCUT2D eigenvalue weighted by Gasteiger charge is -2.06. The lowest BCUT2D eigenvalue weighted by molar-refractivity contribution is 0.0527. The molecule has 0 spiro atoms. The fourth-order valence-electron chi connectivity index (χ4n) is 1.35. The topological polar surface area (TPSA) is 78.3 Å². The Kier molecular flexibility index (Phi) is 3.88. The molecule has 18 heavy (non-hydrogen) atoms. The number of benzene rings is 1. The van der Waals surface area contributed by atoms with Crippen molar-refractivity contribution >= 4 is 23.4 Å². The molecule has 0 fully saturated rings. The normalized spacial score (nSPS) is 10.3. The number of ether oxygens (including phenoxy) is 1. The second kappa shape index (κ2) is 5.59. The fraction of sp³-hybridized carbons (Fsp3) is 0.167. The maximum absolute atomic E-state index is 11.7. The Morgan fingerprint density at radius 1 is 1.56 bits per heavy atom. The zero-order chi connectivity index (χ0) is 13.0. The third kappa shape index (κ3) is 2.84. The minimum atomic E-state index is -0.426. The SMILES string of the molecule is CCOC(=O)c1cc(Sc2ncco2)ccc1N. The molecule has 0 saturated carbocycles. The first-order chi connectivity index (χ1) is 8.70. The predicted octanol–water partition coefficient (Wildman–Crippen LogP) is 2.58. The zero-order valence-electron chi connectivity index (χ0n) is 9.75. The Morgan fingerprint density at radius 2 is 2.39 bits per heavy atom. The molecule has 1 aromatic heterocycles. The van der Waals surface area contributed by atoms with Gasteiger partial charge in [-0.05, 0) is 36.9 Å². The van der Waals surface area contributed by atoms with Crippen LogP contribution in [0.5, 0.6) is 0 Å². The molecule has 0 aliphatic rings. The summed E-state index contributed by atoms with van der Waals surface area (Å²) < 4.78 is 10.1. The van der Waals surface area contributed by atoms with E-state index < -0.39 is 5.97 Å². The number of hydrogen-bond donors (Lipinski definition) is 1. The maximum atomic E-state index is 11.7. The summed E-state index contributed by atoms with van der Waals surface area (Å²) in [6.45, 7) is 2.06. The number of esters is 1. The molecule has 5 nitrogen and oxygen atoms in total. The molecular formula is C12H12N2O3S. The molecule has 0 saturated heterocycles. The number of rotatable bonds is 4. The highest BCUT2D eigenvalue weighted by Gasteiger charge is 2.12. The Bertz CT molecular complexity index is 540. The quantitative estimate of drug-likeness (QED) is 0.675. The minimum absolute atomic E-state index is 0.315. The van der Waals surface area contributed by atoms with E-state index in [1.165, 1.54) is 18.0 Å². The van der Waals surface area contributed by atoms with E-state index in [9.17, 15) is 4.79 Å². The second-order valence-corrected chi connectivity index (χ2v) is 4.39. The van der Waals surface area contributed by atoms with Crippen molar-refractivity contribution in [3.63, 3.8) is 0 Å². The first kappa shape index (κ1) is 12.5. The molecule has 6 heteroatoms. The lowest BCUT2D eigenvalue weighted by atomic mass is 10.2. The van der Waals surface area contributed by atoms with Crippen LogP contribution in [0.15, 0.2) is 45.2 Å². The molecule has 0 aliphatic heterocycles. The van der Waals surface area contributed by atoms with Crippen molar-refractivity contribution in [2.45, 2.75) is 17.0 Å². The number of nitrogens with two attached hydrogens (primary N) is 1.